The van der Waals surface area contributed by atoms with Gasteiger partial charge in [0.1, 0.15) is 0 Å². The summed E-state index contributed by atoms with van der Waals surface area (Å²) in [6.07, 6.45) is 4.21. The van der Waals surface area contributed by atoms with Crippen molar-refractivity contribution in [3.8, 4) is 0 Å². The first kappa shape index (κ1) is 9.53. The molecule has 80 valence electrons. The molecule has 1 aliphatic heterocycles. The van der Waals surface area contributed by atoms with E-state index in [1.165, 1.54) is 37.1 Å². The van der Waals surface area contributed by atoms with Crippen LogP contribution in [0.1, 0.15) is 24.8 Å². The zero-order valence-electron chi connectivity index (χ0n) is 8.82. The quantitative estimate of drug-likeness (QED) is 0.692. The van der Waals surface area contributed by atoms with E-state index < -0.39 is 0 Å². The second kappa shape index (κ2) is 3.71. The molecule has 0 aromatic heterocycles. The molecule has 2 atom stereocenters. The Balaban J connectivity index is 1.92. The Morgan fingerprint density at radius 2 is 2.13 bits per heavy atom. The third-order valence-electron chi connectivity index (χ3n) is 3.85. The molecule has 2 bridgehead atoms. The summed E-state index contributed by atoms with van der Waals surface area (Å²) < 4.78 is 0. The number of para-hydroxylation sites is 1. The van der Waals surface area contributed by atoms with Crippen molar-refractivity contribution in [3.63, 3.8) is 0 Å². The van der Waals surface area contributed by atoms with Crippen molar-refractivity contribution in [1.29, 1.82) is 0 Å². The summed E-state index contributed by atoms with van der Waals surface area (Å²) in [5.74, 6) is 1.57. The van der Waals surface area contributed by atoms with E-state index in [9.17, 15) is 0 Å². The van der Waals surface area contributed by atoms with Crippen LogP contribution >= 0.6 is 11.6 Å². The predicted molar refractivity (Wildman–Crippen MR) is 64.5 cm³/mol. The minimum absolute atomic E-state index is 0.629. The van der Waals surface area contributed by atoms with Gasteiger partial charge in [0.05, 0.1) is 0 Å². The van der Waals surface area contributed by atoms with Crippen molar-refractivity contribution < 1.29 is 0 Å². The molecule has 2 fully saturated rings. The average molecular weight is 222 g/mol. The highest BCUT2D eigenvalue weighted by atomic mass is 35.5. The first-order valence-electron chi connectivity index (χ1n) is 5.79. The maximum absolute atomic E-state index is 5.99. The molecule has 3 rings (SSSR count). The van der Waals surface area contributed by atoms with Gasteiger partial charge in [0.25, 0.3) is 0 Å². The lowest BCUT2D eigenvalue weighted by molar-refractivity contribution is 0.553. The Bertz CT molecular complexity index is 363. The smallest absolute Gasteiger partial charge is 0.0494 e. The Kier molecular flexibility index (Phi) is 2.36. The summed E-state index contributed by atoms with van der Waals surface area (Å²) in [7, 11) is 0. The number of nitrogens with zero attached hydrogens (tertiary/aromatic N) is 1. The molecule has 1 aromatic carbocycles. The fourth-order valence-electron chi connectivity index (χ4n) is 3.12. The standard InChI is InChI=1S/C13H16ClN/c14-8-11-3-1-2-4-13(11)15-9-10-5-6-12(15)7-10/h1-4,10,12H,5-9H2. The van der Waals surface area contributed by atoms with Crippen molar-refractivity contribution in [2.75, 3.05) is 11.4 Å². The summed E-state index contributed by atoms with van der Waals surface area (Å²) in [5, 5.41) is 0. The number of benzene rings is 1. The second-order valence-electron chi connectivity index (χ2n) is 4.75. The number of halogens is 1. The van der Waals surface area contributed by atoms with Gasteiger partial charge in [0.15, 0.2) is 0 Å². The number of piperidine rings is 1. The van der Waals surface area contributed by atoms with Crippen molar-refractivity contribution in [2.24, 2.45) is 5.92 Å². The molecule has 1 aromatic rings. The summed E-state index contributed by atoms with van der Waals surface area (Å²) in [6.45, 7) is 1.25. The SMILES string of the molecule is ClCc1ccccc1N1CC2CCC1C2. The predicted octanol–water partition coefficient (Wildman–Crippen LogP) is 3.41. The normalized spacial score (nSPS) is 28.7. The highest BCUT2D eigenvalue weighted by Crippen LogP contribution is 2.41. The van der Waals surface area contributed by atoms with Gasteiger partial charge < -0.3 is 4.90 Å². The van der Waals surface area contributed by atoms with Crippen LogP contribution in [0.3, 0.4) is 0 Å². The Hall–Kier alpha value is -0.690. The van der Waals surface area contributed by atoms with Gasteiger partial charge in [0, 0.05) is 24.2 Å². The molecule has 0 spiro atoms. The average Bonchev–Trinajstić information content (AvgIpc) is 2.90. The van der Waals surface area contributed by atoms with E-state index in [-0.39, 0.29) is 0 Å². The van der Waals surface area contributed by atoms with Gasteiger partial charge in [-0.25, -0.2) is 0 Å². The lowest BCUT2D eigenvalue weighted by Gasteiger charge is -2.30. The maximum atomic E-state index is 5.99. The largest absolute Gasteiger partial charge is 0.368 e. The number of fused-ring (bicyclic) bond motifs is 2. The summed E-state index contributed by atoms with van der Waals surface area (Å²) in [6, 6.07) is 9.36. The van der Waals surface area contributed by atoms with Crippen LogP contribution in [0.15, 0.2) is 24.3 Å². The van der Waals surface area contributed by atoms with Crippen LogP contribution in [0.4, 0.5) is 5.69 Å². The van der Waals surface area contributed by atoms with E-state index in [1.54, 1.807) is 0 Å². The van der Waals surface area contributed by atoms with E-state index in [4.69, 9.17) is 11.6 Å². The molecule has 1 saturated carbocycles. The van der Waals surface area contributed by atoms with Gasteiger partial charge in [-0.1, -0.05) is 18.2 Å². The third kappa shape index (κ3) is 1.53. The van der Waals surface area contributed by atoms with E-state index in [0.717, 1.165) is 12.0 Å². The van der Waals surface area contributed by atoms with Crippen molar-refractivity contribution >= 4 is 17.3 Å². The van der Waals surface area contributed by atoms with Gasteiger partial charge in [-0.15, -0.1) is 11.6 Å². The van der Waals surface area contributed by atoms with Crippen LogP contribution in [0, 0.1) is 5.92 Å². The highest BCUT2D eigenvalue weighted by molar-refractivity contribution is 6.17. The van der Waals surface area contributed by atoms with E-state index >= 15 is 0 Å². The summed E-state index contributed by atoms with van der Waals surface area (Å²) in [4.78, 5) is 2.58. The van der Waals surface area contributed by atoms with Crippen LogP contribution in [0.5, 0.6) is 0 Å². The van der Waals surface area contributed by atoms with Crippen molar-refractivity contribution in [1.82, 2.24) is 0 Å². The molecule has 2 aliphatic rings. The molecule has 1 saturated heterocycles. The molecule has 2 heteroatoms. The molecule has 1 aliphatic carbocycles. The van der Waals surface area contributed by atoms with E-state index in [0.29, 0.717) is 5.88 Å². The van der Waals surface area contributed by atoms with E-state index in [1.807, 2.05) is 0 Å². The van der Waals surface area contributed by atoms with Gasteiger partial charge in [0.2, 0.25) is 0 Å². The zero-order chi connectivity index (χ0) is 10.3. The number of anilines is 1. The molecule has 0 amide bonds. The molecular formula is C13H16ClN. The van der Waals surface area contributed by atoms with Crippen molar-refractivity contribution in [2.45, 2.75) is 31.2 Å². The zero-order valence-corrected chi connectivity index (χ0v) is 9.58. The van der Waals surface area contributed by atoms with Crippen LogP contribution < -0.4 is 4.90 Å². The second-order valence-corrected chi connectivity index (χ2v) is 5.01. The third-order valence-corrected chi connectivity index (χ3v) is 4.14. The Morgan fingerprint density at radius 1 is 1.27 bits per heavy atom. The summed E-state index contributed by atoms with van der Waals surface area (Å²) >= 11 is 5.99. The van der Waals surface area contributed by atoms with Gasteiger partial charge in [-0.2, -0.15) is 0 Å². The lowest BCUT2D eigenvalue weighted by atomic mass is 10.1. The molecule has 1 nitrogen and oxygen atoms in total. The van der Waals surface area contributed by atoms with Crippen LogP contribution in [0.25, 0.3) is 0 Å². The lowest BCUT2D eigenvalue weighted by Crippen LogP contribution is -2.32. The first-order chi connectivity index (χ1) is 7.38. The van der Waals surface area contributed by atoms with Crippen LogP contribution in [-0.4, -0.2) is 12.6 Å². The monoisotopic (exact) mass is 221 g/mol. The van der Waals surface area contributed by atoms with Gasteiger partial charge in [-0.3, -0.25) is 0 Å². The molecule has 15 heavy (non-hydrogen) atoms. The Labute approximate surface area is 96.0 Å². The molecule has 1 heterocycles. The minimum Gasteiger partial charge on any atom is -0.368 e. The van der Waals surface area contributed by atoms with Crippen LogP contribution in [-0.2, 0) is 5.88 Å². The van der Waals surface area contributed by atoms with Gasteiger partial charge in [-0.05, 0) is 36.8 Å². The first-order valence-corrected chi connectivity index (χ1v) is 6.32. The molecule has 2 unspecified atom stereocenters. The van der Waals surface area contributed by atoms with Gasteiger partial charge >= 0.3 is 0 Å². The number of hydrogen-bond donors (Lipinski definition) is 0. The maximum Gasteiger partial charge on any atom is 0.0494 e. The molecule has 0 radical (unpaired) electrons. The van der Waals surface area contributed by atoms with Crippen LogP contribution in [0.2, 0.25) is 0 Å². The fourth-order valence-corrected chi connectivity index (χ4v) is 3.35. The Morgan fingerprint density at radius 3 is 2.80 bits per heavy atom. The van der Waals surface area contributed by atoms with E-state index in [2.05, 4.69) is 29.2 Å². The number of rotatable bonds is 2. The fraction of sp³-hybridized carbons (Fsp3) is 0.538. The van der Waals surface area contributed by atoms with Crippen molar-refractivity contribution in [3.05, 3.63) is 29.8 Å². The highest BCUT2D eigenvalue weighted by Gasteiger charge is 2.38. The number of alkyl halides is 1. The molecule has 0 N–H and O–H groups in total. The minimum atomic E-state index is 0.629. The summed E-state index contributed by atoms with van der Waals surface area (Å²) in [5.41, 5.74) is 2.66. The number of hydrogen-bond acceptors (Lipinski definition) is 1. The molecular weight excluding hydrogens is 206 g/mol. The topological polar surface area (TPSA) is 3.24 Å².